The average Bonchev–Trinajstić information content (AvgIpc) is 2.39. The molecule has 0 saturated carbocycles. The quantitative estimate of drug-likeness (QED) is 0.281. The second-order valence-electron chi connectivity index (χ2n) is 7.25. The van der Waals surface area contributed by atoms with Gasteiger partial charge in [-0.15, -0.1) is 0 Å². The Bertz CT molecular complexity index is 310. The molecule has 0 heterocycles. The van der Waals surface area contributed by atoms with Crippen LogP contribution in [0.1, 0.15) is 64.2 Å². The number of carbonyl (C=O) groups is 2. The lowest BCUT2D eigenvalue weighted by atomic mass is 10.1. The lowest BCUT2D eigenvalue weighted by molar-refractivity contribution is -0.143. The summed E-state index contributed by atoms with van der Waals surface area (Å²) in [5.74, 6) is -0.747. The van der Waals surface area contributed by atoms with Gasteiger partial charge in [0, 0.05) is 20.9 Å². The molecule has 0 saturated heterocycles. The molecule has 0 spiro atoms. The topological polar surface area (TPSA) is 63.6 Å². The van der Waals surface area contributed by atoms with Gasteiger partial charge in [-0.3, -0.25) is 9.59 Å². The van der Waals surface area contributed by atoms with Crippen LogP contribution in [0.4, 0.5) is 0 Å². The highest BCUT2D eigenvalue weighted by atomic mass is 28.3. The second kappa shape index (κ2) is 12.7. The number of carboxylic acids is 1. The first-order valence-electron chi connectivity index (χ1n) is 8.69. The van der Waals surface area contributed by atoms with E-state index in [1.807, 2.05) is 0 Å². The minimum Gasteiger partial charge on any atom is -0.481 e. The Morgan fingerprint density at radius 3 is 1.73 bits per heavy atom. The molecule has 22 heavy (non-hydrogen) atoms. The summed E-state index contributed by atoms with van der Waals surface area (Å²) in [5, 5.41) is 8.52. The van der Waals surface area contributed by atoms with Crippen LogP contribution < -0.4 is 0 Å². The first-order chi connectivity index (χ1) is 10.3. The van der Waals surface area contributed by atoms with Crippen molar-refractivity contribution in [1.82, 2.24) is 0 Å². The molecule has 1 N–H and O–H groups in total. The van der Waals surface area contributed by atoms with E-state index in [1.165, 1.54) is 12.8 Å². The van der Waals surface area contributed by atoms with E-state index in [0.717, 1.165) is 44.6 Å². The van der Waals surface area contributed by atoms with Crippen molar-refractivity contribution in [3.8, 4) is 0 Å². The van der Waals surface area contributed by atoms with Crippen molar-refractivity contribution in [3.05, 3.63) is 0 Å². The Morgan fingerprint density at radius 2 is 1.27 bits per heavy atom. The Hall–Kier alpha value is -0.843. The van der Waals surface area contributed by atoms with Crippen LogP contribution in [0, 0.1) is 0 Å². The van der Waals surface area contributed by atoms with Crippen LogP contribution >= 0.6 is 0 Å². The molecule has 0 fully saturated rings. The van der Waals surface area contributed by atoms with Crippen LogP contribution in [0.25, 0.3) is 0 Å². The number of aliphatic carboxylic acids is 1. The average molecular weight is 331 g/mol. The number of unbranched alkanes of at least 4 members (excludes halogenated alkanes) is 7. The Morgan fingerprint density at radius 1 is 0.818 bits per heavy atom. The standard InChI is InChI=1S/C17H34O4Si/c1-22(2,3)15-14-21-17(20)13-11-9-7-5-4-6-8-10-12-16(18)19/h4-15H2,1-3H3,(H,18,19). The molecule has 0 amide bonds. The third kappa shape index (κ3) is 17.2. The Balaban J connectivity index is 3.25. The number of ether oxygens (including phenoxy) is 1. The molecule has 5 heteroatoms. The van der Waals surface area contributed by atoms with E-state index < -0.39 is 14.0 Å². The Kier molecular flexibility index (Phi) is 12.2. The number of carbonyl (C=O) groups excluding carboxylic acids is 1. The van der Waals surface area contributed by atoms with E-state index in [2.05, 4.69) is 19.6 Å². The highest BCUT2D eigenvalue weighted by Crippen LogP contribution is 2.12. The van der Waals surface area contributed by atoms with E-state index >= 15 is 0 Å². The molecule has 0 aliphatic carbocycles. The summed E-state index contributed by atoms with van der Waals surface area (Å²) in [5.41, 5.74) is 0. The number of hydrogen-bond donors (Lipinski definition) is 1. The van der Waals surface area contributed by atoms with Gasteiger partial charge in [0.2, 0.25) is 0 Å². The van der Waals surface area contributed by atoms with Crippen molar-refractivity contribution in [2.24, 2.45) is 0 Å². The molecule has 0 aromatic rings. The third-order valence-electron chi connectivity index (χ3n) is 3.64. The molecule has 0 rings (SSSR count). The molecule has 0 radical (unpaired) electrons. The summed E-state index contributed by atoms with van der Waals surface area (Å²) >= 11 is 0. The minimum atomic E-state index is -1.10. The summed E-state index contributed by atoms with van der Waals surface area (Å²) in [4.78, 5) is 21.9. The molecule has 0 aliphatic heterocycles. The lowest BCUT2D eigenvalue weighted by Crippen LogP contribution is -2.22. The molecule has 0 aromatic carbocycles. The lowest BCUT2D eigenvalue weighted by Gasteiger charge is -2.15. The number of rotatable bonds is 14. The molecule has 4 nitrogen and oxygen atoms in total. The van der Waals surface area contributed by atoms with Gasteiger partial charge in [-0.1, -0.05) is 58.2 Å². The zero-order valence-electron chi connectivity index (χ0n) is 14.7. The van der Waals surface area contributed by atoms with Crippen molar-refractivity contribution in [2.75, 3.05) is 6.61 Å². The van der Waals surface area contributed by atoms with Crippen LogP contribution in [0.2, 0.25) is 25.7 Å². The van der Waals surface area contributed by atoms with Gasteiger partial charge in [-0.05, 0) is 18.9 Å². The largest absolute Gasteiger partial charge is 0.481 e. The number of esters is 1. The van der Waals surface area contributed by atoms with Gasteiger partial charge in [0.25, 0.3) is 0 Å². The maximum absolute atomic E-state index is 11.5. The third-order valence-corrected chi connectivity index (χ3v) is 5.34. The van der Waals surface area contributed by atoms with Crippen LogP contribution in [0.3, 0.4) is 0 Å². The van der Waals surface area contributed by atoms with E-state index in [9.17, 15) is 9.59 Å². The van der Waals surface area contributed by atoms with Crippen molar-refractivity contribution < 1.29 is 19.4 Å². The van der Waals surface area contributed by atoms with Crippen LogP contribution in [-0.2, 0) is 14.3 Å². The van der Waals surface area contributed by atoms with E-state index in [4.69, 9.17) is 9.84 Å². The van der Waals surface area contributed by atoms with Gasteiger partial charge >= 0.3 is 11.9 Å². The summed E-state index contributed by atoms with van der Waals surface area (Å²) in [6.45, 7) is 7.43. The van der Waals surface area contributed by atoms with Crippen LogP contribution in [0.5, 0.6) is 0 Å². The van der Waals surface area contributed by atoms with Gasteiger partial charge in [0.15, 0.2) is 0 Å². The number of hydrogen-bond acceptors (Lipinski definition) is 3. The maximum atomic E-state index is 11.5. The van der Waals surface area contributed by atoms with Gasteiger partial charge in [0.05, 0.1) is 6.61 Å². The minimum absolute atomic E-state index is 0.0491. The zero-order valence-corrected chi connectivity index (χ0v) is 15.7. The van der Waals surface area contributed by atoms with Gasteiger partial charge < -0.3 is 9.84 Å². The Labute approximate surface area is 136 Å². The summed E-state index contributed by atoms with van der Waals surface area (Å²) in [6.07, 6.45) is 9.26. The smallest absolute Gasteiger partial charge is 0.305 e. The van der Waals surface area contributed by atoms with E-state index in [0.29, 0.717) is 19.4 Å². The predicted octanol–water partition coefficient (Wildman–Crippen LogP) is 4.85. The molecule has 0 unspecified atom stereocenters. The molecule has 0 aliphatic rings. The van der Waals surface area contributed by atoms with Crippen LogP contribution in [0.15, 0.2) is 0 Å². The first-order valence-corrected chi connectivity index (χ1v) is 12.4. The van der Waals surface area contributed by atoms with Crippen molar-refractivity contribution in [3.63, 3.8) is 0 Å². The molecule has 130 valence electrons. The van der Waals surface area contributed by atoms with Crippen molar-refractivity contribution in [1.29, 1.82) is 0 Å². The molecule has 0 bridgehead atoms. The fourth-order valence-electron chi connectivity index (χ4n) is 2.15. The monoisotopic (exact) mass is 330 g/mol. The van der Waals surface area contributed by atoms with Gasteiger partial charge in [-0.25, -0.2) is 0 Å². The van der Waals surface area contributed by atoms with E-state index in [1.54, 1.807) is 0 Å². The van der Waals surface area contributed by atoms with Crippen LogP contribution in [-0.4, -0.2) is 31.7 Å². The predicted molar refractivity (Wildman–Crippen MR) is 92.9 cm³/mol. The summed E-state index contributed by atoms with van der Waals surface area (Å²) in [7, 11) is -1.10. The summed E-state index contributed by atoms with van der Waals surface area (Å²) in [6, 6.07) is 1.04. The van der Waals surface area contributed by atoms with Crippen molar-refractivity contribution >= 4 is 20.0 Å². The SMILES string of the molecule is C[Si](C)(C)CCOC(=O)CCCCCCCCCCC(=O)O. The normalized spacial score (nSPS) is 11.4. The zero-order chi connectivity index (χ0) is 16.8. The first kappa shape index (κ1) is 21.2. The second-order valence-corrected chi connectivity index (χ2v) is 12.9. The fraction of sp³-hybridized carbons (Fsp3) is 0.882. The molecule has 0 atom stereocenters. The highest BCUT2D eigenvalue weighted by Gasteiger charge is 2.13. The van der Waals surface area contributed by atoms with Gasteiger partial charge in [-0.2, -0.15) is 0 Å². The van der Waals surface area contributed by atoms with E-state index in [-0.39, 0.29) is 5.97 Å². The van der Waals surface area contributed by atoms with Gasteiger partial charge in [0.1, 0.15) is 0 Å². The maximum Gasteiger partial charge on any atom is 0.305 e. The summed E-state index contributed by atoms with van der Waals surface area (Å²) < 4.78 is 5.26. The molecular formula is C17H34O4Si. The fourth-order valence-corrected chi connectivity index (χ4v) is 2.86. The molecule has 0 aromatic heterocycles. The highest BCUT2D eigenvalue weighted by molar-refractivity contribution is 6.76. The molecular weight excluding hydrogens is 296 g/mol. The van der Waals surface area contributed by atoms with Crippen molar-refractivity contribution in [2.45, 2.75) is 89.9 Å². The number of carboxylic acid groups (broad SMARTS) is 1.